The molecule has 2 rings (SSSR count). The van der Waals surface area contributed by atoms with E-state index in [0.29, 0.717) is 6.54 Å². The van der Waals surface area contributed by atoms with Gasteiger partial charge in [-0.25, -0.2) is 4.39 Å². The van der Waals surface area contributed by atoms with Crippen LogP contribution in [0.4, 0.5) is 10.1 Å². The minimum Gasteiger partial charge on any atom is -0.495 e. The molecule has 0 aromatic heterocycles. The predicted octanol–water partition coefficient (Wildman–Crippen LogP) is 4.10. The molecular formula is C14H13ClFNO. The molecule has 0 aliphatic rings. The van der Waals surface area contributed by atoms with Crippen LogP contribution in [-0.2, 0) is 6.54 Å². The van der Waals surface area contributed by atoms with Crippen molar-refractivity contribution in [1.29, 1.82) is 0 Å². The topological polar surface area (TPSA) is 21.3 Å². The Morgan fingerprint density at radius 2 is 2.00 bits per heavy atom. The third-order valence-electron chi connectivity index (χ3n) is 2.57. The van der Waals surface area contributed by atoms with Gasteiger partial charge in [-0.05, 0) is 29.8 Å². The first-order valence-electron chi connectivity index (χ1n) is 5.51. The smallest absolute Gasteiger partial charge is 0.141 e. The second kappa shape index (κ2) is 5.74. The summed E-state index contributed by atoms with van der Waals surface area (Å²) in [4.78, 5) is 0. The summed E-state index contributed by atoms with van der Waals surface area (Å²) in [6.07, 6.45) is 0. The van der Waals surface area contributed by atoms with Gasteiger partial charge in [0.15, 0.2) is 0 Å². The van der Waals surface area contributed by atoms with Crippen molar-refractivity contribution in [2.45, 2.75) is 6.54 Å². The Bertz CT molecular complexity index is 545. The molecule has 0 unspecified atom stereocenters. The quantitative estimate of drug-likeness (QED) is 0.899. The largest absolute Gasteiger partial charge is 0.495 e. The van der Waals surface area contributed by atoms with Crippen LogP contribution >= 0.6 is 11.6 Å². The third kappa shape index (κ3) is 2.93. The van der Waals surface area contributed by atoms with Crippen LogP contribution in [0.1, 0.15) is 5.56 Å². The van der Waals surface area contributed by atoms with Gasteiger partial charge in [-0.15, -0.1) is 0 Å². The number of methoxy groups -OCH3 is 1. The summed E-state index contributed by atoms with van der Waals surface area (Å²) in [7, 11) is 1.62. The van der Waals surface area contributed by atoms with Crippen molar-refractivity contribution >= 4 is 17.3 Å². The summed E-state index contributed by atoms with van der Waals surface area (Å²) in [5.41, 5.74) is 1.80. The van der Waals surface area contributed by atoms with Gasteiger partial charge in [-0.3, -0.25) is 0 Å². The maximum atomic E-state index is 13.0. The first kappa shape index (κ1) is 12.7. The molecular weight excluding hydrogens is 253 g/mol. The van der Waals surface area contributed by atoms with Gasteiger partial charge in [0, 0.05) is 6.54 Å². The van der Waals surface area contributed by atoms with Gasteiger partial charge in [-0.2, -0.15) is 0 Å². The molecule has 94 valence electrons. The fourth-order valence-corrected chi connectivity index (χ4v) is 1.84. The lowest BCUT2D eigenvalue weighted by Gasteiger charge is -2.11. The summed E-state index contributed by atoms with van der Waals surface area (Å²) < 4.78 is 18.2. The van der Waals surface area contributed by atoms with Crippen LogP contribution in [0.15, 0.2) is 42.5 Å². The number of nitrogens with one attached hydrogen (secondary N) is 1. The predicted molar refractivity (Wildman–Crippen MR) is 71.7 cm³/mol. The molecule has 1 N–H and O–H groups in total. The van der Waals surface area contributed by atoms with Gasteiger partial charge in [0.25, 0.3) is 0 Å². The van der Waals surface area contributed by atoms with E-state index in [9.17, 15) is 4.39 Å². The van der Waals surface area contributed by atoms with Crippen LogP contribution < -0.4 is 10.1 Å². The molecule has 0 aliphatic heterocycles. The molecule has 0 bridgehead atoms. The van der Waals surface area contributed by atoms with Crippen molar-refractivity contribution in [3.8, 4) is 5.75 Å². The molecule has 0 aliphatic carbocycles. The maximum absolute atomic E-state index is 13.0. The first-order valence-corrected chi connectivity index (χ1v) is 5.89. The van der Waals surface area contributed by atoms with E-state index in [-0.39, 0.29) is 5.02 Å². The summed E-state index contributed by atoms with van der Waals surface area (Å²) >= 11 is 5.73. The molecule has 4 heteroatoms. The number of benzene rings is 2. The normalized spacial score (nSPS) is 10.2. The van der Waals surface area contributed by atoms with E-state index in [4.69, 9.17) is 16.3 Å². The first-order chi connectivity index (χ1) is 8.70. The summed E-state index contributed by atoms with van der Waals surface area (Å²) in [5, 5.41) is 3.35. The van der Waals surface area contributed by atoms with E-state index in [1.807, 2.05) is 24.3 Å². The standard InChI is InChI=1S/C14H13ClFNO/c1-18-14-5-3-2-4-13(14)17-9-10-6-7-12(16)11(15)8-10/h2-8,17H,9H2,1H3. The lowest BCUT2D eigenvalue weighted by molar-refractivity contribution is 0.416. The SMILES string of the molecule is COc1ccccc1NCc1ccc(F)c(Cl)c1. The van der Waals surface area contributed by atoms with Crippen molar-refractivity contribution < 1.29 is 9.13 Å². The number of hydrogen-bond acceptors (Lipinski definition) is 2. The van der Waals surface area contributed by atoms with Gasteiger partial charge in [0.1, 0.15) is 11.6 Å². The van der Waals surface area contributed by atoms with Crippen LogP contribution in [0, 0.1) is 5.82 Å². The van der Waals surface area contributed by atoms with Crippen LogP contribution in [0.25, 0.3) is 0 Å². The number of halogens is 2. The monoisotopic (exact) mass is 265 g/mol. The Kier molecular flexibility index (Phi) is 4.05. The molecule has 2 aromatic carbocycles. The van der Waals surface area contributed by atoms with Crippen LogP contribution in [0.5, 0.6) is 5.75 Å². The molecule has 2 aromatic rings. The number of para-hydroxylation sites is 2. The van der Waals surface area contributed by atoms with Gasteiger partial charge < -0.3 is 10.1 Å². The van der Waals surface area contributed by atoms with E-state index >= 15 is 0 Å². The minimum absolute atomic E-state index is 0.134. The molecule has 0 radical (unpaired) electrons. The molecule has 0 amide bonds. The molecule has 2 nitrogen and oxygen atoms in total. The average molecular weight is 266 g/mol. The molecule has 0 saturated heterocycles. The highest BCUT2D eigenvalue weighted by molar-refractivity contribution is 6.30. The summed E-state index contributed by atoms with van der Waals surface area (Å²) in [6.45, 7) is 0.556. The maximum Gasteiger partial charge on any atom is 0.141 e. The highest BCUT2D eigenvalue weighted by Crippen LogP contribution is 2.24. The molecule has 18 heavy (non-hydrogen) atoms. The number of ether oxygens (including phenoxy) is 1. The number of hydrogen-bond donors (Lipinski definition) is 1. The van der Waals surface area contributed by atoms with Crippen molar-refractivity contribution in [3.63, 3.8) is 0 Å². The molecule has 0 heterocycles. The summed E-state index contributed by atoms with van der Waals surface area (Å²) in [5.74, 6) is 0.364. The highest BCUT2D eigenvalue weighted by Gasteiger charge is 2.03. The Balaban J connectivity index is 2.09. The fourth-order valence-electron chi connectivity index (χ4n) is 1.64. The van der Waals surface area contributed by atoms with E-state index in [1.54, 1.807) is 19.2 Å². The Morgan fingerprint density at radius 1 is 1.22 bits per heavy atom. The summed E-state index contributed by atoms with van der Waals surface area (Å²) in [6, 6.07) is 12.3. The second-order valence-electron chi connectivity index (χ2n) is 3.80. The van der Waals surface area contributed by atoms with E-state index in [0.717, 1.165) is 17.0 Å². The van der Waals surface area contributed by atoms with Crippen molar-refractivity contribution in [2.24, 2.45) is 0 Å². The third-order valence-corrected chi connectivity index (χ3v) is 2.86. The van der Waals surface area contributed by atoms with E-state index < -0.39 is 5.82 Å². The Morgan fingerprint density at radius 3 is 2.72 bits per heavy atom. The van der Waals surface area contributed by atoms with E-state index in [1.165, 1.54) is 6.07 Å². The Hall–Kier alpha value is -1.74. The lowest BCUT2D eigenvalue weighted by atomic mass is 10.2. The second-order valence-corrected chi connectivity index (χ2v) is 4.21. The van der Waals surface area contributed by atoms with Crippen LogP contribution in [-0.4, -0.2) is 7.11 Å². The zero-order valence-corrected chi connectivity index (χ0v) is 10.7. The van der Waals surface area contributed by atoms with Crippen molar-refractivity contribution in [3.05, 3.63) is 58.9 Å². The molecule has 0 fully saturated rings. The molecule has 0 saturated carbocycles. The van der Waals surface area contributed by atoms with Crippen molar-refractivity contribution in [1.82, 2.24) is 0 Å². The lowest BCUT2D eigenvalue weighted by Crippen LogP contribution is -2.01. The van der Waals surface area contributed by atoms with E-state index in [2.05, 4.69) is 5.32 Å². The van der Waals surface area contributed by atoms with Crippen LogP contribution in [0.3, 0.4) is 0 Å². The Labute approximate surface area is 110 Å². The van der Waals surface area contributed by atoms with Gasteiger partial charge in [-0.1, -0.05) is 29.8 Å². The zero-order chi connectivity index (χ0) is 13.0. The number of anilines is 1. The van der Waals surface area contributed by atoms with Gasteiger partial charge in [0.05, 0.1) is 17.8 Å². The molecule has 0 atom stereocenters. The van der Waals surface area contributed by atoms with Gasteiger partial charge in [0.2, 0.25) is 0 Å². The van der Waals surface area contributed by atoms with Gasteiger partial charge >= 0.3 is 0 Å². The fraction of sp³-hybridized carbons (Fsp3) is 0.143. The van der Waals surface area contributed by atoms with Crippen LogP contribution in [0.2, 0.25) is 5.02 Å². The average Bonchev–Trinajstić information content (AvgIpc) is 2.40. The highest BCUT2D eigenvalue weighted by atomic mass is 35.5. The minimum atomic E-state index is -0.405. The number of rotatable bonds is 4. The molecule has 0 spiro atoms. The zero-order valence-electron chi connectivity index (χ0n) is 9.91. The van der Waals surface area contributed by atoms with Crippen molar-refractivity contribution in [2.75, 3.05) is 12.4 Å².